The largest absolute Gasteiger partial charge is 0.168 e. The molecule has 0 aromatic heterocycles. The van der Waals surface area contributed by atoms with Gasteiger partial charge in [-0.25, -0.2) is 0 Å². The summed E-state index contributed by atoms with van der Waals surface area (Å²) in [6, 6.07) is 29.3. The zero-order valence-electron chi connectivity index (χ0n) is 14.7. The minimum Gasteiger partial charge on any atom is -0.168 e. The van der Waals surface area contributed by atoms with E-state index in [0.29, 0.717) is 6.42 Å². The van der Waals surface area contributed by atoms with Gasteiger partial charge in [0.05, 0.1) is 0 Å². The average molecular weight is 465 g/mol. The Kier molecular flexibility index (Phi) is 9.50. The number of rotatable bonds is 2. The third-order valence-electron chi connectivity index (χ3n) is 3.90. The van der Waals surface area contributed by atoms with Crippen molar-refractivity contribution >= 4 is 41.8 Å². The van der Waals surface area contributed by atoms with E-state index in [2.05, 4.69) is 84.9 Å². The van der Waals surface area contributed by atoms with Gasteiger partial charge in [-0.1, -0.05) is 12.1 Å². The van der Waals surface area contributed by atoms with Crippen molar-refractivity contribution in [2.45, 2.75) is 13.3 Å². The van der Waals surface area contributed by atoms with Crippen molar-refractivity contribution in [3.63, 3.8) is 0 Å². The Morgan fingerprint density at radius 2 is 1.31 bits per heavy atom. The summed E-state index contributed by atoms with van der Waals surface area (Å²) in [6.45, 7) is 2.08. The van der Waals surface area contributed by atoms with Crippen molar-refractivity contribution in [2.75, 3.05) is 6.61 Å². The van der Waals surface area contributed by atoms with E-state index in [0.717, 1.165) is 3.21 Å². The van der Waals surface area contributed by atoms with Crippen molar-refractivity contribution in [1.29, 1.82) is 0 Å². The Hall–Kier alpha value is -1.05. The first-order chi connectivity index (χ1) is 12.6. The van der Waals surface area contributed by atoms with Gasteiger partial charge >= 0.3 is 64.2 Å². The summed E-state index contributed by atoms with van der Waals surface area (Å²) in [6.07, 6.45) is 0.682. The van der Waals surface area contributed by atoms with Gasteiger partial charge in [-0.15, -0.1) is 59.3 Å². The fourth-order valence-electron chi connectivity index (χ4n) is 2.40. The summed E-state index contributed by atoms with van der Waals surface area (Å²) in [4.78, 5) is 0. The van der Waals surface area contributed by atoms with Crippen LogP contribution in [0.5, 0.6) is 0 Å². The van der Waals surface area contributed by atoms with Crippen molar-refractivity contribution in [2.24, 2.45) is 0 Å². The summed E-state index contributed by atoms with van der Waals surface area (Å²) in [5, 5.41) is 13.7. The summed E-state index contributed by atoms with van der Waals surface area (Å²) in [5.41, 5.74) is 0. The topological polar surface area (TPSA) is 20.2 Å². The molecule has 1 N–H and O–H groups in total. The zero-order valence-corrected chi connectivity index (χ0v) is 18.7. The Morgan fingerprint density at radius 1 is 0.846 bits per heavy atom. The number of aliphatic hydroxyl groups excluding tert-OH is 1. The van der Waals surface area contributed by atoms with E-state index < -0.39 is 18.9 Å². The normalized spacial score (nSPS) is 9.85. The molecule has 0 aliphatic carbocycles. The molecule has 0 fully saturated rings. The van der Waals surface area contributed by atoms with Crippen molar-refractivity contribution in [3.05, 3.63) is 84.9 Å². The van der Waals surface area contributed by atoms with Crippen LogP contribution in [0, 0.1) is 0 Å². The van der Waals surface area contributed by atoms with Crippen LogP contribution in [0.1, 0.15) is 13.3 Å². The van der Waals surface area contributed by atoms with E-state index in [-0.39, 0.29) is 6.61 Å². The fraction of sp³-hybridized carbons (Fsp3) is 0.136. The number of fused-ring (bicyclic) bond motifs is 2. The summed E-state index contributed by atoms with van der Waals surface area (Å²) < 4.78 is 1.11. The maximum Gasteiger partial charge on any atom is -0.0809 e. The molecule has 0 saturated carbocycles. The van der Waals surface area contributed by atoms with Gasteiger partial charge in [0.25, 0.3) is 0 Å². The second kappa shape index (κ2) is 11.6. The minimum atomic E-state index is -2.06. The molecule has 0 aliphatic heterocycles. The molecule has 4 heteroatoms. The molecule has 0 spiro atoms. The molecule has 4 aromatic carbocycles. The van der Waals surface area contributed by atoms with Crippen LogP contribution in [0.15, 0.2) is 84.9 Å². The van der Waals surface area contributed by atoms with E-state index >= 15 is 0 Å². The molecule has 0 atom stereocenters. The van der Waals surface area contributed by atoms with Gasteiger partial charge in [-0.3, -0.25) is 0 Å². The van der Waals surface area contributed by atoms with Crippen molar-refractivity contribution in [1.82, 2.24) is 0 Å². The minimum absolute atomic E-state index is 0.176. The van der Waals surface area contributed by atoms with Crippen molar-refractivity contribution in [3.8, 4) is 0 Å². The average Bonchev–Trinajstić information content (AvgIpc) is 3.32. The third-order valence-corrected chi connectivity index (χ3v) is 9.92. The van der Waals surface area contributed by atoms with E-state index in [9.17, 15) is 0 Å². The summed E-state index contributed by atoms with van der Waals surface area (Å²) in [7, 11) is 11.2. The zero-order chi connectivity index (χ0) is 18.8. The van der Waals surface area contributed by atoms with Gasteiger partial charge in [0, 0.05) is 0 Å². The smallest absolute Gasteiger partial charge is 0.0809 e. The van der Waals surface area contributed by atoms with E-state index in [1.165, 1.54) is 21.5 Å². The van der Waals surface area contributed by atoms with Crippen LogP contribution in [0.3, 0.4) is 0 Å². The molecule has 26 heavy (non-hydrogen) atoms. The summed E-state index contributed by atoms with van der Waals surface area (Å²) in [5.74, 6) is 0. The maximum absolute atomic E-state index is 8.38. The molecule has 0 saturated heterocycles. The van der Waals surface area contributed by atoms with Crippen LogP contribution in [0.25, 0.3) is 21.5 Å². The van der Waals surface area contributed by atoms with Gasteiger partial charge in [0.2, 0.25) is 0 Å². The van der Waals surface area contributed by atoms with Crippen LogP contribution >= 0.6 is 17.0 Å². The molecule has 0 radical (unpaired) electrons. The molecule has 4 aromatic rings. The van der Waals surface area contributed by atoms with E-state index in [1.54, 1.807) is 0 Å². The molecule has 1 nitrogen and oxygen atoms in total. The number of benzene rings is 2. The summed E-state index contributed by atoms with van der Waals surface area (Å²) >= 11 is -2.06. The first-order valence-corrected chi connectivity index (χ1v) is 16.0. The van der Waals surface area contributed by atoms with Crippen LogP contribution in [0.2, 0.25) is 0 Å². The molecule has 0 unspecified atom stereocenters. The van der Waals surface area contributed by atoms with Crippen LogP contribution in [0.4, 0.5) is 0 Å². The van der Waals surface area contributed by atoms with Crippen LogP contribution < -0.4 is 0 Å². The second-order valence-corrected chi connectivity index (χ2v) is 14.8. The van der Waals surface area contributed by atoms with Crippen LogP contribution in [-0.2, 0) is 18.9 Å². The van der Waals surface area contributed by atoms with E-state index in [1.807, 2.05) is 6.92 Å². The van der Waals surface area contributed by atoms with Crippen LogP contribution in [-0.4, -0.2) is 14.9 Å². The van der Waals surface area contributed by atoms with Crippen molar-refractivity contribution < 1.29 is 24.0 Å². The number of hydrogen-bond acceptors (Lipinski definition) is 1. The first-order valence-electron chi connectivity index (χ1n) is 8.44. The quantitative estimate of drug-likeness (QED) is 0.331. The number of hydrogen-bond donors (Lipinski definition) is 1. The Balaban J connectivity index is 0.000000141. The van der Waals surface area contributed by atoms with Gasteiger partial charge in [-0.05, 0) is 0 Å². The van der Waals surface area contributed by atoms with Gasteiger partial charge in [-0.2, -0.15) is 35.0 Å². The predicted octanol–water partition coefficient (Wildman–Crippen LogP) is 6.60. The Morgan fingerprint density at radius 3 is 1.65 bits per heavy atom. The molecule has 0 heterocycles. The maximum atomic E-state index is 8.38. The molecule has 136 valence electrons. The second-order valence-electron chi connectivity index (χ2n) is 5.82. The number of halogens is 2. The molecular weight excluding hydrogens is 442 g/mol. The van der Waals surface area contributed by atoms with Gasteiger partial charge < -0.3 is 0 Å². The predicted molar refractivity (Wildman–Crippen MR) is 113 cm³/mol. The molecule has 4 rings (SSSR count). The molecule has 0 aliphatic rings. The first kappa shape index (κ1) is 21.3. The number of aliphatic hydroxyl groups is 1. The van der Waals surface area contributed by atoms with Gasteiger partial charge in [0.15, 0.2) is 0 Å². The Labute approximate surface area is 169 Å². The SMILES string of the molecule is C[C](CCO)=[Zr]([Cl])[Cl].c1ccc2[cH-]ccc2c1.c1ccc2[cH-]ccc2c1. The Bertz CT molecular complexity index is 822. The standard InChI is InChI=1S/2C9H7.C4H8O.2ClH.Zr/c2*1-2-5-9-7-3-6-8(9)4-1;1-2-3-4-5;;;/h2*1-7H;5H,3-4H2,1H3;2*1H;/q2*-1;;;;+2/p-2. The molecule has 0 amide bonds. The monoisotopic (exact) mass is 462 g/mol. The van der Waals surface area contributed by atoms with Gasteiger partial charge in [0.1, 0.15) is 0 Å². The molecule has 0 bridgehead atoms. The fourth-order valence-corrected chi connectivity index (χ4v) is 4.26. The third kappa shape index (κ3) is 6.93. The van der Waals surface area contributed by atoms with E-state index in [4.69, 9.17) is 22.1 Å². The molecular formula is C22H22Cl2OZr-2.